The molecule has 1 heterocycles. The molecule has 1 aromatic heterocycles. The van der Waals surface area contributed by atoms with Crippen LogP contribution in [0.5, 0.6) is 0 Å². The molecule has 1 rings (SSSR count). The number of rotatable bonds is 6. The lowest BCUT2D eigenvalue weighted by molar-refractivity contribution is 0.196. The first-order valence-corrected chi connectivity index (χ1v) is 7.05. The molecule has 0 fully saturated rings. The van der Waals surface area contributed by atoms with E-state index in [4.69, 9.17) is 10.2 Å². The third-order valence-electron chi connectivity index (χ3n) is 2.94. The highest BCUT2D eigenvalue weighted by Crippen LogP contribution is 2.37. The third kappa shape index (κ3) is 4.05. The molecular weight excluding hydrogens is 234 g/mol. The summed E-state index contributed by atoms with van der Waals surface area (Å²) in [7, 11) is 0. The largest absolute Gasteiger partial charge is 0.465 e. The van der Waals surface area contributed by atoms with Crippen LogP contribution in [0.4, 0.5) is 0 Å². The van der Waals surface area contributed by atoms with Crippen LogP contribution in [0.1, 0.15) is 44.0 Å². The SMILES string of the molecule is CCC(N)C(SC(C)C(C)O)c1ccc(C)o1. The summed E-state index contributed by atoms with van der Waals surface area (Å²) < 4.78 is 5.67. The van der Waals surface area contributed by atoms with Gasteiger partial charge in [0.25, 0.3) is 0 Å². The third-order valence-corrected chi connectivity index (χ3v) is 4.64. The van der Waals surface area contributed by atoms with Crippen molar-refractivity contribution in [3.05, 3.63) is 23.7 Å². The molecule has 3 nitrogen and oxygen atoms in total. The van der Waals surface area contributed by atoms with Crippen LogP contribution in [0.25, 0.3) is 0 Å². The summed E-state index contributed by atoms with van der Waals surface area (Å²) in [5.41, 5.74) is 6.14. The van der Waals surface area contributed by atoms with Crippen LogP contribution in [-0.2, 0) is 0 Å². The molecule has 4 heteroatoms. The van der Waals surface area contributed by atoms with E-state index in [1.807, 2.05) is 26.0 Å². The second-order valence-electron chi connectivity index (χ2n) is 4.52. The highest BCUT2D eigenvalue weighted by atomic mass is 32.2. The van der Waals surface area contributed by atoms with E-state index >= 15 is 0 Å². The number of thioether (sulfide) groups is 1. The minimum Gasteiger partial charge on any atom is -0.465 e. The number of hydrogen-bond donors (Lipinski definition) is 2. The standard InChI is InChI=1S/C13H23NO2S/c1-5-11(14)13(17-10(4)9(3)15)12-7-6-8(2)16-12/h6-7,9-11,13,15H,5,14H2,1-4H3. The zero-order valence-corrected chi connectivity index (χ0v) is 11.8. The van der Waals surface area contributed by atoms with Crippen molar-refractivity contribution >= 4 is 11.8 Å². The van der Waals surface area contributed by atoms with Gasteiger partial charge in [-0.2, -0.15) is 0 Å². The Morgan fingerprint density at radius 2 is 2.06 bits per heavy atom. The fourth-order valence-corrected chi connectivity index (χ4v) is 2.89. The number of hydrogen-bond acceptors (Lipinski definition) is 4. The molecule has 0 bridgehead atoms. The van der Waals surface area contributed by atoms with Gasteiger partial charge in [-0.05, 0) is 32.4 Å². The van der Waals surface area contributed by atoms with Gasteiger partial charge in [0.15, 0.2) is 0 Å². The van der Waals surface area contributed by atoms with Gasteiger partial charge < -0.3 is 15.3 Å². The van der Waals surface area contributed by atoms with Crippen molar-refractivity contribution in [2.24, 2.45) is 5.73 Å². The molecule has 0 spiro atoms. The van der Waals surface area contributed by atoms with Crippen molar-refractivity contribution in [3.63, 3.8) is 0 Å². The van der Waals surface area contributed by atoms with Crippen LogP contribution in [0.15, 0.2) is 16.5 Å². The molecule has 3 N–H and O–H groups in total. The maximum atomic E-state index is 9.58. The first kappa shape index (κ1) is 14.6. The Morgan fingerprint density at radius 3 is 2.47 bits per heavy atom. The predicted octanol–water partition coefficient (Wildman–Crippen LogP) is 2.87. The summed E-state index contributed by atoms with van der Waals surface area (Å²) in [5, 5.41) is 9.84. The molecule has 4 atom stereocenters. The molecule has 0 radical (unpaired) electrons. The van der Waals surface area contributed by atoms with E-state index in [2.05, 4.69) is 6.92 Å². The molecule has 4 unspecified atom stereocenters. The fourth-order valence-electron chi connectivity index (χ4n) is 1.54. The van der Waals surface area contributed by atoms with Crippen molar-refractivity contribution in [1.82, 2.24) is 0 Å². The van der Waals surface area contributed by atoms with Crippen molar-refractivity contribution in [3.8, 4) is 0 Å². The lowest BCUT2D eigenvalue weighted by Gasteiger charge is -2.25. The number of furan rings is 1. The Morgan fingerprint density at radius 1 is 1.41 bits per heavy atom. The minimum absolute atomic E-state index is 0.0479. The van der Waals surface area contributed by atoms with Crippen molar-refractivity contribution in [2.45, 2.75) is 56.8 Å². The summed E-state index contributed by atoms with van der Waals surface area (Å²) in [6.07, 6.45) is 0.548. The second kappa shape index (κ2) is 6.47. The van der Waals surface area contributed by atoms with Crippen molar-refractivity contribution in [2.75, 3.05) is 0 Å². The Kier molecular flexibility index (Phi) is 5.56. The van der Waals surface area contributed by atoms with Crippen molar-refractivity contribution in [1.29, 1.82) is 0 Å². The zero-order valence-electron chi connectivity index (χ0n) is 11.0. The van der Waals surface area contributed by atoms with Crippen LogP contribution in [0.3, 0.4) is 0 Å². The minimum atomic E-state index is -0.345. The number of aliphatic hydroxyl groups is 1. The molecule has 0 aliphatic heterocycles. The zero-order chi connectivity index (χ0) is 13.0. The molecule has 0 aliphatic rings. The molecule has 0 aromatic carbocycles. The van der Waals surface area contributed by atoms with Crippen LogP contribution in [0.2, 0.25) is 0 Å². The van der Waals surface area contributed by atoms with Crippen LogP contribution >= 0.6 is 11.8 Å². The maximum absolute atomic E-state index is 9.58. The van der Waals surface area contributed by atoms with Crippen LogP contribution in [-0.4, -0.2) is 22.5 Å². The smallest absolute Gasteiger partial charge is 0.118 e. The van der Waals surface area contributed by atoms with Gasteiger partial charge in [-0.1, -0.05) is 13.8 Å². The van der Waals surface area contributed by atoms with E-state index in [0.29, 0.717) is 0 Å². The van der Waals surface area contributed by atoms with E-state index in [1.165, 1.54) is 0 Å². The van der Waals surface area contributed by atoms with Crippen LogP contribution < -0.4 is 5.73 Å². The van der Waals surface area contributed by atoms with Gasteiger partial charge in [-0.3, -0.25) is 0 Å². The molecule has 0 saturated carbocycles. The Hall–Kier alpha value is -0.450. The monoisotopic (exact) mass is 257 g/mol. The topological polar surface area (TPSA) is 59.4 Å². The summed E-state index contributed by atoms with van der Waals surface area (Å²) >= 11 is 1.68. The average Bonchev–Trinajstić information content (AvgIpc) is 2.70. The molecule has 0 aliphatic carbocycles. The van der Waals surface area contributed by atoms with E-state index in [1.54, 1.807) is 18.7 Å². The Bertz CT molecular complexity index is 338. The predicted molar refractivity (Wildman–Crippen MR) is 73.2 cm³/mol. The second-order valence-corrected chi connectivity index (χ2v) is 6.05. The molecule has 1 aromatic rings. The molecule has 0 saturated heterocycles. The summed E-state index contributed by atoms with van der Waals surface area (Å²) in [6.45, 7) is 7.82. The van der Waals surface area contributed by atoms with Crippen LogP contribution in [0, 0.1) is 6.92 Å². The van der Waals surface area contributed by atoms with E-state index in [9.17, 15) is 5.11 Å². The number of aryl methyl sites for hydroxylation is 1. The van der Waals surface area contributed by atoms with Gasteiger partial charge in [0.05, 0.1) is 11.4 Å². The maximum Gasteiger partial charge on any atom is 0.118 e. The summed E-state index contributed by atoms with van der Waals surface area (Å²) in [6, 6.07) is 3.99. The van der Waals surface area contributed by atoms with E-state index in [0.717, 1.165) is 17.9 Å². The first-order chi connectivity index (χ1) is 7.95. The van der Waals surface area contributed by atoms with E-state index in [-0.39, 0.29) is 22.6 Å². The number of aliphatic hydroxyl groups excluding tert-OH is 1. The lowest BCUT2D eigenvalue weighted by Crippen LogP contribution is -2.28. The Labute approximate surface area is 108 Å². The molecule has 0 amide bonds. The fraction of sp³-hybridized carbons (Fsp3) is 0.692. The highest BCUT2D eigenvalue weighted by Gasteiger charge is 2.26. The molecular formula is C13H23NO2S. The Balaban J connectivity index is 2.81. The molecule has 98 valence electrons. The molecule has 17 heavy (non-hydrogen) atoms. The van der Waals surface area contributed by atoms with E-state index < -0.39 is 0 Å². The average molecular weight is 257 g/mol. The van der Waals surface area contributed by atoms with Crippen molar-refractivity contribution < 1.29 is 9.52 Å². The van der Waals surface area contributed by atoms with Gasteiger partial charge >= 0.3 is 0 Å². The summed E-state index contributed by atoms with van der Waals surface area (Å²) in [5.74, 6) is 1.81. The van der Waals surface area contributed by atoms with Gasteiger partial charge in [0.2, 0.25) is 0 Å². The lowest BCUT2D eigenvalue weighted by atomic mass is 10.1. The summed E-state index contributed by atoms with van der Waals surface area (Å²) in [4.78, 5) is 0. The van der Waals surface area contributed by atoms with Gasteiger partial charge in [-0.15, -0.1) is 11.8 Å². The normalized spacial score (nSPS) is 18.7. The van der Waals surface area contributed by atoms with Gasteiger partial charge in [-0.25, -0.2) is 0 Å². The number of nitrogens with two attached hydrogens (primary N) is 1. The van der Waals surface area contributed by atoms with Gasteiger partial charge in [0, 0.05) is 11.3 Å². The quantitative estimate of drug-likeness (QED) is 0.822. The first-order valence-electron chi connectivity index (χ1n) is 6.11. The van der Waals surface area contributed by atoms with Gasteiger partial charge in [0.1, 0.15) is 11.5 Å². The highest BCUT2D eigenvalue weighted by molar-refractivity contribution is 8.00.